The Balaban J connectivity index is 2.56. The van der Waals surface area contributed by atoms with Crippen molar-refractivity contribution in [3.05, 3.63) is 29.7 Å². The minimum Gasteiger partial charge on any atom is -0.478 e. The van der Waals surface area contributed by atoms with Gasteiger partial charge in [0.25, 0.3) is 0 Å². The summed E-state index contributed by atoms with van der Waals surface area (Å²) in [6.07, 6.45) is 1.52. The van der Waals surface area contributed by atoms with E-state index in [1.807, 2.05) is 0 Å². The van der Waals surface area contributed by atoms with Gasteiger partial charge in [-0.05, 0) is 19.2 Å². The number of hydrogen-bond donors (Lipinski definition) is 2. The van der Waals surface area contributed by atoms with Crippen molar-refractivity contribution in [3.63, 3.8) is 0 Å². The van der Waals surface area contributed by atoms with Gasteiger partial charge in [0.15, 0.2) is 11.5 Å². The van der Waals surface area contributed by atoms with E-state index in [1.165, 1.54) is 12.3 Å². The predicted octanol–water partition coefficient (Wildman–Crippen LogP) is 0.147. The van der Waals surface area contributed by atoms with Gasteiger partial charge in [-0.2, -0.15) is 0 Å². The second-order valence-corrected chi connectivity index (χ2v) is 3.10. The predicted molar refractivity (Wildman–Crippen MR) is 52.7 cm³/mol. The maximum absolute atomic E-state index is 10.8. The lowest BCUT2D eigenvalue weighted by Crippen LogP contribution is -2.09. The van der Waals surface area contributed by atoms with Gasteiger partial charge in [0, 0.05) is 6.20 Å². The highest BCUT2D eigenvalue weighted by Crippen LogP contribution is 2.06. The number of carbonyl (C=O) groups is 1. The Labute approximate surface area is 85.6 Å². The molecule has 0 radical (unpaired) electrons. The van der Waals surface area contributed by atoms with Crippen LogP contribution in [0.4, 0.5) is 0 Å². The molecule has 2 N–H and O–H groups in total. The Morgan fingerprint density at radius 2 is 2.33 bits per heavy atom. The lowest BCUT2D eigenvalue weighted by Gasteiger charge is -1.99. The van der Waals surface area contributed by atoms with Gasteiger partial charge in [0.1, 0.15) is 0 Å². The van der Waals surface area contributed by atoms with E-state index in [1.54, 1.807) is 17.5 Å². The molecule has 15 heavy (non-hydrogen) atoms. The fraction of sp³-hybridized carbons (Fsp3) is 0.222. The topological polar surface area (TPSA) is 79.5 Å². The number of aromatic nitrogens is 3. The second kappa shape index (κ2) is 3.66. The molecule has 2 aromatic rings. The Morgan fingerprint density at radius 3 is 3.00 bits per heavy atom. The van der Waals surface area contributed by atoms with Crippen LogP contribution in [0, 0.1) is 0 Å². The maximum atomic E-state index is 10.8. The molecule has 0 unspecified atom stereocenters. The fourth-order valence-corrected chi connectivity index (χ4v) is 1.34. The summed E-state index contributed by atoms with van der Waals surface area (Å²) in [5.74, 6) is -0.267. The fourth-order valence-electron chi connectivity index (χ4n) is 1.34. The molecule has 0 saturated carbocycles. The molecule has 2 aromatic heterocycles. The van der Waals surface area contributed by atoms with Crippen LogP contribution in [-0.2, 0) is 6.54 Å². The smallest absolute Gasteiger partial charge is 0.337 e. The Kier molecular flexibility index (Phi) is 2.34. The summed E-state index contributed by atoms with van der Waals surface area (Å²) < 4.78 is 1.67. The summed E-state index contributed by atoms with van der Waals surface area (Å²) in [7, 11) is 1.79. The minimum absolute atomic E-state index is 0.222. The molecule has 0 spiro atoms. The molecular weight excluding hydrogens is 196 g/mol. The second-order valence-electron chi connectivity index (χ2n) is 3.10. The van der Waals surface area contributed by atoms with Crippen molar-refractivity contribution >= 4 is 11.6 Å². The van der Waals surface area contributed by atoms with Gasteiger partial charge in [0.2, 0.25) is 0 Å². The van der Waals surface area contributed by atoms with E-state index in [0.29, 0.717) is 18.0 Å². The SMILES string of the molecule is CNCc1nnc2ccc(C(=O)O)cn12. The Hall–Kier alpha value is -1.95. The number of hydrogen-bond acceptors (Lipinski definition) is 4. The average molecular weight is 206 g/mol. The minimum atomic E-state index is -0.957. The van der Waals surface area contributed by atoms with Crippen molar-refractivity contribution in [2.45, 2.75) is 6.54 Å². The van der Waals surface area contributed by atoms with Crippen LogP contribution in [0.1, 0.15) is 16.2 Å². The average Bonchev–Trinajstić information content (AvgIpc) is 2.61. The molecule has 2 rings (SSSR count). The van der Waals surface area contributed by atoms with E-state index < -0.39 is 5.97 Å². The summed E-state index contributed by atoms with van der Waals surface area (Å²) in [6.45, 7) is 0.546. The van der Waals surface area contributed by atoms with Crippen molar-refractivity contribution < 1.29 is 9.90 Å². The standard InChI is InChI=1S/C9H10N4O2/c1-10-4-8-12-11-7-3-2-6(9(14)15)5-13(7)8/h2-3,5,10H,4H2,1H3,(H,14,15). The first kappa shape index (κ1) is 9.60. The van der Waals surface area contributed by atoms with Gasteiger partial charge >= 0.3 is 5.97 Å². The van der Waals surface area contributed by atoms with E-state index >= 15 is 0 Å². The van der Waals surface area contributed by atoms with Crippen LogP contribution < -0.4 is 5.32 Å². The number of nitrogens with zero attached hydrogens (tertiary/aromatic N) is 3. The molecule has 0 bridgehead atoms. The lowest BCUT2D eigenvalue weighted by molar-refractivity contribution is 0.0696. The van der Waals surface area contributed by atoms with Crippen molar-refractivity contribution in [1.29, 1.82) is 0 Å². The van der Waals surface area contributed by atoms with Crippen LogP contribution in [0.2, 0.25) is 0 Å². The van der Waals surface area contributed by atoms with Crippen LogP contribution >= 0.6 is 0 Å². The molecule has 0 atom stereocenters. The van der Waals surface area contributed by atoms with Crippen molar-refractivity contribution in [2.75, 3.05) is 7.05 Å². The first-order valence-corrected chi connectivity index (χ1v) is 4.44. The van der Waals surface area contributed by atoms with Crippen LogP contribution in [0.15, 0.2) is 18.3 Å². The molecule has 6 nitrogen and oxygen atoms in total. The van der Waals surface area contributed by atoms with Gasteiger partial charge in [-0.1, -0.05) is 0 Å². The molecular formula is C9H10N4O2. The van der Waals surface area contributed by atoms with Crippen LogP contribution in [0.25, 0.3) is 5.65 Å². The highest BCUT2D eigenvalue weighted by atomic mass is 16.4. The van der Waals surface area contributed by atoms with Crippen molar-refractivity contribution in [2.24, 2.45) is 0 Å². The summed E-state index contributed by atoms with van der Waals surface area (Å²) in [5.41, 5.74) is 0.866. The van der Waals surface area contributed by atoms with Gasteiger partial charge < -0.3 is 10.4 Å². The molecule has 0 amide bonds. The van der Waals surface area contributed by atoms with Gasteiger partial charge in [-0.3, -0.25) is 4.40 Å². The van der Waals surface area contributed by atoms with Crippen LogP contribution in [0.5, 0.6) is 0 Å². The zero-order chi connectivity index (χ0) is 10.8. The molecule has 0 aliphatic heterocycles. The number of aromatic carboxylic acids is 1. The number of nitrogens with one attached hydrogen (secondary N) is 1. The van der Waals surface area contributed by atoms with Gasteiger partial charge in [-0.15, -0.1) is 10.2 Å². The number of carboxylic acids is 1. The number of rotatable bonds is 3. The zero-order valence-electron chi connectivity index (χ0n) is 8.14. The molecule has 0 saturated heterocycles. The number of fused-ring (bicyclic) bond motifs is 1. The quantitative estimate of drug-likeness (QED) is 0.747. The van der Waals surface area contributed by atoms with Crippen molar-refractivity contribution in [3.8, 4) is 0 Å². The Bertz CT molecular complexity index is 506. The molecule has 0 aliphatic carbocycles. The third-order valence-electron chi connectivity index (χ3n) is 2.05. The summed E-state index contributed by atoms with van der Waals surface area (Å²) in [5, 5.41) is 19.6. The van der Waals surface area contributed by atoms with E-state index in [2.05, 4.69) is 15.5 Å². The lowest BCUT2D eigenvalue weighted by atomic mass is 10.3. The molecule has 0 aliphatic rings. The van der Waals surface area contributed by atoms with E-state index in [4.69, 9.17) is 5.11 Å². The third-order valence-corrected chi connectivity index (χ3v) is 2.05. The van der Waals surface area contributed by atoms with Gasteiger partial charge in [0.05, 0.1) is 12.1 Å². The third kappa shape index (κ3) is 1.66. The van der Waals surface area contributed by atoms with Crippen LogP contribution in [-0.4, -0.2) is 32.7 Å². The van der Waals surface area contributed by atoms with E-state index in [9.17, 15) is 4.79 Å². The highest BCUT2D eigenvalue weighted by Gasteiger charge is 2.08. The van der Waals surface area contributed by atoms with E-state index in [0.717, 1.165) is 0 Å². The summed E-state index contributed by atoms with van der Waals surface area (Å²) >= 11 is 0. The molecule has 2 heterocycles. The molecule has 0 fully saturated rings. The maximum Gasteiger partial charge on any atom is 0.337 e. The summed E-state index contributed by atoms with van der Waals surface area (Å²) in [6, 6.07) is 3.14. The number of carboxylic acid groups (broad SMARTS) is 1. The van der Waals surface area contributed by atoms with E-state index in [-0.39, 0.29) is 5.56 Å². The molecule has 78 valence electrons. The normalized spacial score (nSPS) is 10.7. The largest absolute Gasteiger partial charge is 0.478 e. The highest BCUT2D eigenvalue weighted by molar-refractivity contribution is 5.87. The molecule has 6 heteroatoms. The van der Waals surface area contributed by atoms with Gasteiger partial charge in [-0.25, -0.2) is 4.79 Å². The first-order valence-electron chi connectivity index (χ1n) is 4.44. The zero-order valence-corrected chi connectivity index (χ0v) is 8.14. The van der Waals surface area contributed by atoms with Crippen molar-refractivity contribution in [1.82, 2.24) is 19.9 Å². The summed E-state index contributed by atoms with van der Waals surface area (Å²) in [4.78, 5) is 10.8. The Morgan fingerprint density at radius 1 is 1.53 bits per heavy atom. The number of pyridine rings is 1. The van der Waals surface area contributed by atoms with Crippen LogP contribution in [0.3, 0.4) is 0 Å². The molecule has 0 aromatic carbocycles. The monoisotopic (exact) mass is 206 g/mol. The first-order chi connectivity index (χ1) is 7.22.